The number of rotatable bonds is 5. The molecule has 25 heavy (non-hydrogen) atoms. The molecule has 0 atom stereocenters. The summed E-state index contributed by atoms with van der Waals surface area (Å²) in [5.41, 5.74) is 2.32. The lowest BCUT2D eigenvalue weighted by Crippen LogP contribution is -2.19. The van der Waals surface area contributed by atoms with Crippen LogP contribution in [0.25, 0.3) is 16.8 Å². The van der Waals surface area contributed by atoms with Crippen molar-refractivity contribution in [2.75, 3.05) is 0 Å². The molecular formula is C18H14F2N2O3. The van der Waals surface area contributed by atoms with Crippen molar-refractivity contribution >= 4 is 5.97 Å². The van der Waals surface area contributed by atoms with E-state index in [0.29, 0.717) is 12.6 Å². The average molecular weight is 344 g/mol. The van der Waals surface area contributed by atoms with E-state index in [4.69, 9.17) is 5.11 Å². The maximum absolute atomic E-state index is 13.0. The maximum Gasteiger partial charge on any atom is 0.394 e. The van der Waals surface area contributed by atoms with Gasteiger partial charge in [0.25, 0.3) is 0 Å². The van der Waals surface area contributed by atoms with E-state index < -0.39 is 12.1 Å². The first-order valence-electron chi connectivity index (χ1n) is 7.37. The van der Waals surface area contributed by atoms with Gasteiger partial charge in [0.05, 0.1) is 17.4 Å². The number of carboxylic acid groups (broad SMARTS) is 1. The Labute approximate surface area is 142 Å². The van der Waals surface area contributed by atoms with E-state index in [9.17, 15) is 13.6 Å². The highest BCUT2D eigenvalue weighted by atomic mass is 19.3. The second-order valence-corrected chi connectivity index (χ2v) is 5.46. The number of benzene rings is 2. The van der Waals surface area contributed by atoms with E-state index in [0.717, 1.165) is 11.1 Å². The summed E-state index contributed by atoms with van der Waals surface area (Å²) in [6.45, 7) is 0.673. The lowest BCUT2D eigenvalue weighted by Gasteiger charge is -2.13. The van der Waals surface area contributed by atoms with Crippen molar-refractivity contribution in [1.82, 2.24) is 9.78 Å². The fourth-order valence-corrected chi connectivity index (χ4v) is 2.31. The number of aromatic nitrogens is 2. The number of carboxylic acids is 1. The summed E-state index contributed by atoms with van der Waals surface area (Å²) in [5.74, 6) is -0.959. The molecule has 0 bridgehead atoms. The molecule has 3 rings (SSSR count). The molecule has 0 unspecified atom stereocenters. The second-order valence-electron chi connectivity index (χ2n) is 5.46. The molecule has 128 valence electrons. The first-order chi connectivity index (χ1) is 11.8. The Morgan fingerprint density at radius 1 is 1.16 bits per heavy atom. The molecule has 0 spiro atoms. The van der Waals surface area contributed by atoms with Crippen LogP contribution in [0.3, 0.4) is 0 Å². The number of nitrogens with zero attached hydrogens (tertiary/aromatic N) is 2. The topological polar surface area (TPSA) is 64.3 Å². The zero-order valence-corrected chi connectivity index (χ0v) is 13.2. The van der Waals surface area contributed by atoms with E-state index in [1.54, 1.807) is 36.7 Å². The molecule has 7 heteroatoms. The number of hydrogen-bond donors (Lipinski definition) is 1. The molecule has 3 aromatic rings. The van der Waals surface area contributed by atoms with Crippen molar-refractivity contribution in [3.8, 4) is 22.6 Å². The van der Waals surface area contributed by atoms with Crippen molar-refractivity contribution in [3.05, 3.63) is 66.5 Å². The van der Waals surface area contributed by atoms with Gasteiger partial charge in [-0.3, -0.25) is 0 Å². The van der Waals surface area contributed by atoms with E-state index in [1.807, 2.05) is 0 Å². The fourth-order valence-electron chi connectivity index (χ4n) is 2.31. The summed E-state index contributed by atoms with van der Waals surface area (Å²) in [7, 11) is 0. The van der Waals surface area contributed by atoms with Crippen LogP contribution in [-0.4, -0.2) is 27.0 Å². The molecule has 1 heterocycles. The van der Waals surface area contributed by atoms with Gasteiger partial charge < -0.3 is 9.84 Å². The number of carbonyl (C=O) groups is 1. The monoisotopic (exact) mass is 344 g/mol. The van der Waals surface area contributed by atoms with Crippen molar-refractivity contribution in [3.63, 3.8) is 0 Å². The Balaban J connectivity index is 1.86. The molecule has 0 aliphatic carbocycles. The summed E-state index contributed by atoms with van der Waals surface area (Å²) >= 11 is 0. The highest BCUT2D eigenvalue weighted by Gasteiger charge is 2.23. The summed E-state index contributed by atoms with van der Waals surface area (Å²) in [5, 5.41) is 13.1. The third-order valence-electron chi connectivity index (χ3n) is 3.43. The molecule has 2 aromatic carbocycles. The first-order valence-corrected chi connectivity index (χ1v) is 7.37. The zero-order chi connectivity index (χ0) is 18.0. The quantitative estimate of drug-likeness (QED) is 0.752. The Morgan fingerprint density at radius 2 is 1.88 bits per heavy atom. The number of halogens is 2. The van der Waals surface area contributed by atoms with E-state index in [-0.39, 0.29) is 11.3 Å². The molecule has 0 radical (unpaired) electrons. The standard InChI is InChI=1S/C18H14F2N2O3/c1-18(19,20)25-16-4-2-3-15(9-16)22-11-14(10-21-22)12-5-7-13(8-6-12)17(23)24/h2-11H,1H3,(H,23,24). The SMILES string of the molecule is CC(F)(F)Oc1cccc(-n2cc(-c3ccc(C(=O)O)cc3)cn2)c1. The van der Waals surface area contributed by atoms with Crippen LogP contribution >= 0.6 is 0 Å². The van der Waals surface area contributed by atoms with Crippen molar-refractivity contribution in [2.45, 2.75) is 13.0 Å². The smallest absolute Gasteiger partial charge is 0.394 e. The van der Waals surface area contributed by atoms with Crippen LogP contribution in [0.15, 0.2) is 60.9 Å². The van der Waals surface area contributed by atoms with Crippen LogP contribution < -0.4 is 4.74 Å². The first kappa shape index (κ1) is 16.6. The van der Waals surface area contributed by atoms with Gasteiger partial charge >= 0.3 is 12.1 Å². The second kappa shape index (κ2) is 6.35. The molecule has 5 nitrogen and oxygen atoms in total. The zero-order valence-electron chi connectivity index (χ0n) is 13.2. The lowest BCUT2D eigenvalue weighted by atomic mass is 10.1. The Bertz CT molecular complexity index is 899. The average Bonchev–Trinajstić information content (AvgIpc) is 3.03. The van der Waals surface area contributed by atoms with Gasteiger partial charge in [0.15, 0.2) is 0 Å². The molecule has 0 saturated carbocycles. The lowest BCUT2D eigenvalue weighted by molar-refractivity contribution is -0.158. The molecule has 1 aromatic heterocycles. The minimum atomic E-state index is -3.26. The minimum absolute atomic E-state index is 0.0351. The van der Waals surface area contributed by atoms with Crippen LogP contribution in [0, 0.1) is 0 Å². The molecule has 1 N–H and O–H groups in total. The van der Waals surface area contributed by atoms with Gasteiger partial charge in [0.1, 0.15) is 5.75 Å². The summed E-state index contributed by atoms with van der Waals surface area (Å²) < 4.78 is 32.0. The van der Waals surface area contributed by atoms with Gasteiger partial charge in [-0.25, -0.2) is 9.48 Å². The molecule has 0 aliphatic rings. The van der Waals surface area contributed by atoms with Crippen LogP contribution in [0.2, 0.25) is 0 Å². The van der Waals surface area contributed by atoms with Crippen LogP contribution in [0.5, 0.6) is 5.75 Å². The number of hydrogen-bond acceptors (Lipinski definition) is 3. The van der Waals surface area contributed by atoms with Gasteiger partial charge in [0, 0.05) is 24.8 Å². The van der Waals surface area contributed by atoms with Gasteiger partial charge in [-0.15, -0.1) is 0 Å². The predicted molar refractivity (Wildman–Crippen MR) is 87.2 cm³/mol. The Morgan fingerprint density at radius 3 is 2.52 bits per heavy atom. The predicted octanol–water partition coefficient (Wildman–Crippen LogP) is 4.23. The van der Waals surface area contributed by atoms with Gasteiger partial charge in [-0.05, 0) is 29.8 Å². The molecular weight excluding hydrogens is 330 g/mol. The van der Waals surface area contributed by atoms with Gasteiger partial charge in [0.2, 0.25) is 0 Å². The summed E-state index contributed by atoms with van der Waals surface area (Å²) in [6, 6.07) is 12.6. The molecule has 0 aliphatic heterocycles. The van der Waals surface area contributed by atoms with E-state index in [1.165, 1.54) is 28.9 Å². The van der Waals surface area contributed by atoms with E-state index >= 15 is 0 Å². The third-order valence-corrected chi connectivity index (χ3v) is 3.43. The largest absolute Gasteiger partial charge is 0.478 e. The number of ether oxygens (including phenoxy) is 1. The highest BCUT2D eigenvalue weighted by Crippen LogP contribution is 2.25. The Kier molecular flexibility index (Phi) is 4.22. The van der Waals surface area contributed by atoms with Crippen molar-refractivity contribution < 1.29 is 23.4 Å². The highest BCUT2D eigenvalue weighted by molar-refractivity contribution is 5.88. The molecule has 0 fully saturated rings. The summed E-state index contributed by atoms with van der Waals surface area (Å²) in [6.07, 6.45) is 0.0660. The maximum atomic E-state index is 13.0. The van der Waals surface area contributed by atoms with Crippen molar-refractivity contribution in [2.24, 2.45) is 0 Å². The number of aromatic carboxylic acids is 1. The number of alkyl halides is 2. The minimum Gasteiger partial charge on any atom is -0.478 e. The molecule has 0 saturated heterocycles. The van der Waals surface area contributed by atoms with Gasteiger partial charge in [-0.2, -0.15) is 13.9 Å². The van der Waals surface area contributed by atoms with E-state index in [2.05, 4.69) is 9.84 Å². The Hall–Kier alpha value is -3.22. The summed E-state index contributed by atoms with van der Waals surface area (Å²) in [4.78, 5) is 10.9. The van der Waals surface area contributed by atoms with Crippen LogP contribution in [0.4, 0.5) is 8.78 Å². The van der Waals surface area contributed by atoms with Crippen molar-refractivity contribution in [1.29, 1.82) is 0 Å². The normalized spacial score (nSPS) is 11.3. The van der Waals surface area contributed by atoms with Gasteiger partial charge in [-0.1, -0.05) is 18.2 Å². The van der Waals surface area contributed by atoms with Crippen LogP contribution in [0.1, 0.15) is 17.3 Å². The fraction of sp³-hybridized carbons (Fsp3) is 0.111. The van der Waals surface area contributed by atoms with Crippen LogP contribution in [-0.2, 0) is 0 Å². The third kappa shape index (κ3) is 4.00. The molecule has 0 amide bonds.